The quantitative estimate of drug-likeness (QED) is 0.782. The number of likely N-dealkylation sites (tertiary alicyclic amines) is 1. The number of carbonyl (C=O) groups is 2. The molecular weight excluding hydrogens is 250 g/mol. The van der Waals surface area contributed by atoms with Gasteiger partial charge in [-0.3, -0.25) is 14.9 Å². The molecule has 0 aromatic heterocycles. The highest BCUT2D eigenvalue weighted by Crippen LogP contribution is 2.16. The van der Waals surface area contributed by atoms with Crippen molar-refractivity contribution in [1.29, 1.82) is 0 Å². The fourth-order valence-electron chi connectivity index (χ4n) is 2.31. The van der Waals surface area contributed by atoms with Gasteiger partial charge in [-0.1, -0.05) is 6.92 Å². The second kappa shape index (κ2) is 6.43. The van der Waals surface area contributed by atoms with E-state index >= 15 is 0 Å². The number of hydrogen-bond acceptors (Lipinski definition) is 4. The molecular formula is C12H21N3O2S. The third-order valence-corrected chi connectivity index (χ3v) is 4.44. The van der Waals surface area contributed by atoms with Crippen molar-refractivity contribution in [3.8, 4) is 0 Å². The molecule has 2 atom stereocenters. The molecule has 2 N–H and O–H groups in total. The highest BCUT2D eigenvalue weighted by atomic mass is 32.2. The molecule has 0 aromatic rings. The Balaban J connectivity index is 1.75. The number of nitrogens with one attached hydrogen (secondary N) is 2. The number of thioether (sulfide) groups is 1. The fourth-order valence-corrected chi connectivity index (χ4v) is 3.30. The van der Waals surface area contributed by atoms with Gasteiger partial charge in [-0.05, 0) is 19.3 Å². The number of rotatable bonds is 4. The van der Waals surface area contributed by atoms with Crippen molar-refractivity contribution in [3.63, 3.8) is 0 Å². The number of hydrogen-bond donors (Lipinski definition) is 2. The maximum absolute atomic E-state index is 11.9. The molecule has 0 spiro atoms. The minimum atomic E-state index is -0.122. The van der Waals surface area contributed by atoms with E-state index in [9.17, 15) is 9.59 Å². The molecule has 0 radical (unpaired) electrons. The van der Waals surface area contributed by atoms with Crippen LogP contribution in [0.5, 0.6) is 0 Å². The van der Waals surface area contributed by atoms with Gasteiger partial charge in [-0.15, -0.1) is 11.8 Å². The molecule has 2 amide bonds. The average Bonchev–Trinajstić information content (AvgIpc) is 2.89. The Labute approximate surface area is 112 Å². The zero-order valence-electron chi connectivity index (χ0n) is 10.8. The lowest BCUT2D eigenvalue weighted by Crippen LogP contribution is -2.54. The molecule has 18 heavy (non-hydrogen) atoms. The largest absolute Gasteiger partial charge is 0.342 e. The van der Waals surface area contributed by atoms with Gasteiger partial charge < -0.3 is 10.2 Å². The lowest BCUT2D eigenvalue weighted by atomic mass is 10.1. The molecule has 0 aliphatic carbocycles. The number of amides is 2. The van der Waals surface area contributed by atoms with Crippen LogP contribution in [0.15, 0.2) is 0 Å². The monoisotopic (exact) mass is 271 g/mol. The second-order valence-electron chi connectivity index (χ2n) is 4.82. The lowest BCUT2D eigenvalue weighted by Gasteiger charge is -2.30. The van der Waals surface area contributed by atoms with Gasteiger partial charge >= 0.3 is 0 Å². The molecule has 2 heterocycles. The zero-order chi connectivity index (χ0) is 13.0. The Morgan fingerprint density at radius 3 is 2.83 bits per heavy atom. The van der Waals surface area contributed by atoms with Crippen molar-refractivity contribution in [3.05, 3.63) is 0 Å². The van der Waals surface area contributed by atoms with Gasteiger partial charge in [-0.25, -0.2) is 0 Å². The van der Waals surface area contributed by atoms with Crippen LogP contribution in [-0.4, -0.2) is 47.1 Å². The Bertz CT molecular complexity index is 318. The normalized spacial score (nSPS) is 28.3. The van der Waals surface area contributed by atoms with Crippen molar-refractivity contribution in [2.45, 2.75) is 44.1 Å². The smallest absolute Gasteiger partial charge is 0.232 e. The maximum Gasteiger partial charge on any atom is 0.232 e. The van der Waals surface area contributed by atoms with E-state index in [1.165, 1.54) is 11.8 Å². The topological polar surface area (TPSA) is 61.4 Å². The molecule has 2 saturated heterocycles. The molecule has 2 aliphatic heterocycles. The molecule has 2 aliphatic rings. The standard InChI is InChI=1S/C12H21N3O2S/c1-2-9-7-10(16)14-12(13-9)18-8-11(17)15-5-3-4-6-15/h9,12-13H,2-8H2,1H3,(H,14,16). The fraction of sp³-hybridized carbons (Fsp3) is 0.833. The molecule has 0 aromatic carbocycles. The Morgan fingerprint density at radius 1 is 1.44 bits per heavy atom. The van der Waals surface area contributed by atoms with Gasteiger partial charge in [0.1, 0.15) is 5.50 Å². The lowest BCUT2D eigenvalue weighted by molar-refractivity contribution is -0.127. The first-order valence-corrected chi connectivity index (χ1v) is 7.68. The first kappa shape index (κ1) is 13.7. The van der Waals surface area contributed by atoms with Crippen molar-refractivity contribution in [2.75, 3.05) is 18.8 Å². The van der Waals surface area contributed by atoms with Gasteiger partial charge in [0.2, 0.25) is 11.8 Å². The van der Waals surface area contributed by atoms with E-state index < -0.39 is 0 Å². The van der Waals surface area contributed by atoms with Crippen molar-refractivity contribution in [1.82, 2.24) is 15.5 Å². The third-order valence-electron chi connectivity index (χ3n) is 3.44. The summed E-state index contributed by atoms with van der Waals surface area (Å²) in [6, 6.07) is 0.234. The first-order chi connectivity index (χ1) is 8.69. The van der Waals surface area contributed by atoms with Crippen LogP contribution < -0.4 is 10.6 Å². The Kier molecular flexibility index (Phi) is 4.88. The molecule has 0 bridgehead atoms. The molecule has 102 valence electrons. The number of nitrogens with zero attached hydrogens (tertiary/aromatic N) is 1. The summed E-state index contributed by atoms with van der Waals surface area (Å²) in [5.41, 5.74) is -0.122. The Morgan fingerprint density at radius 2 is 2.17 bits per heavy atom. The van der Waals surface area contributed by atoms with E-state index in [4.69, 9.17) is 0 Å². The average molecular weight is 271 g/mol. The summed E-state index contributed by atoms with van der Waals surface area (Å²) in [5.74, 6) is 0.702. The predicted octanol–water partition coefficient (Wildman–Crippen LogP) is 0.514. The van der Waals surface area contributed by atoms with Crippen LogP contribution in [-0.2, 0) is 9.59 Å². The summed E-state index contributed by atoms with van der Waals surface area (Å²) >= 11 is 1.48. The molecule has 0 saturated carbocycles. The van der Waals surface area contributed by atoms with Gasteiger partial charge in [-0.2, -0.15) is 0 Å². The SMILES string of the molecule is CCC1CC(=O)NC(SCC(=O)N2CCCC2)N1. The van der Waals surface area contributed by atoms with Crippen LogP contribution >= 0.6 is 11.8 Å². The molecule has 2 rings (SSSR count). The first-order valence-electron chi connectivity index (χ1n) is 6.64. The minimum absolute atomic E-state index is 0.0757. The summed E-state index contributed by atoms with van der Waals surface area (Å²) in [7, 11) is 0. The number of carbonyl (C=O) groups excluding carboxylic acids is 2. The summed E-state index contributed by atoms with van der Waals surface area (Å²) < 4.78 is 0. The zero-order valence-corrected chi connectivity index (χ0v) is 11.6. The molecule has 2 unspecified atom stereocenters. The van der Waals surface area contributed by atoms with Gasteiger partial charge in [0.25, 0.3) is 0 Å². The van der Waals surface area contributed by atoms with Crippen molar-refractivity contribution >= 4 is 23.6 Å². The summed E-state index contributed by atoms with van der Waals surface area (Å²) in [5, 5.41) is 6.21. The van der Waals surface area contributed by atoms with Crippen LogP contribution in [0.25, 0.3) is 0 Å². The molecule has 5 nitrogen and oxygen atoms in total. The molecule has 2 fully saturated rings. The van der Waals surface area contributed by atoms with Crippen LogP contribution in [0.1, 0.15) is 32.6 Å². The summed E-state index contributed by atoms with van der Waals surface area (Å²) in [6.45, 7) is 3.84. The Hall–Kier alpha value is -0.750. The van der Waals surface area contributed by atoms with Crippen molar-refractivity contribution in [2.24, 2.45) is 0 Å². The predicted molar refractivity (Wildman–Crippen MR) is 72.0 cm³/mol. The van der Waals surface area contributed by atoms with E-state index in [1.54, 1.807) is 0 Å². The maximum atomic E-state index is 11.9. The van der Waals surface area contributed by atoms with Crippen LogP contribution in [0.4, 0.5) is 0 Å². The second-order valence-corrected chi connectivity index (χ2v) is 5.92. The van der Waals surface area contributed by atoms with E-state index in [0.717, 1.165) is 32.4 Å². The summed E-state index contributed by atoms with van der Waals surface area (Å²) in [6.07, 6.45) is 3.71. The highest BCUT2D eigenvalue weighted by molar-refractivity contribution is 8.00. The van der Waals surface area contributed by atoms with Gasteiger partial charge in [0, 0.05) is 25.6 Å². The summed E-state index contributed by atoms with van der Waals surface area (Å²) in [4.78, 5) is 25.3. The van der Waals surface area contributed by atoms with Crippen LogP contribution in [0.2, 0.25) is 0 Å². The van der Waals surface area contributed by atoms with E-state index in [-0.39, 0.29) is 23.4 Å². The van der Waals surface area contributed by atoms with Crippen LogP contribution in [0.3, 0.4) is 0 Å². The van der Waals surface area contributed by atoms with Gasteiger partial charge in [0.05, 0.1) is 5.75 Å². The minimum Gasteiger partial charge on any atom is -0.342 e. The van der Waals surface area contributed by atoms with E-state index in [2.05, 4.69) is 17.6 Å². The van der Waals surface area contributed by atoms with Crippen molar-refractivity contribution < 1.29 is 9.59 Å². The highest BCUT2D eigenvalue weighted by Gasteiger charge is 2.26. The van der Waals surface area contributed by atoms with Crippen LogP contribution in [0, 0.1) is 0 Å². The third kappa shape index (κ3) is 3.62. The molecule has 6 heteroatoms. The van der Waals surface area contributed by atoms with E-state index in [1.807, 2.05) is 4.90 Å². The van der Waals surface area contributed by atoms with Gasteiger partial charge in [0.15, 0.2) is 0 Å². The van der Waals surface area contributed by atoms with E-state index in [0.29, 0.717) is 12.2 Å².